The maximum absolute atomic E-state index is 14.5. The normalized spacial score (nSPS) is 10.6. The molecule has 2 rings (SSSR count). The van der Waals surface area contributed by atoms with Gasteiger partial charge in [-0.25, -0.2) is 9.18 Å². The van der Waals surface area contributed by atoms with Crippen LogP contribution in [0.5, 0.6) is 11.5 Å². The highest BCUT2D eigenvalue weighted by atomic mass is 79.9. The lowest BCUT2D eigenvalue weighted by Gasteiger charge is -2.18. The van der Waals surface area contributed by atoms with Crippen molar-refractivity contribution in [1.29, 1.82) is 0 Å². The fourth-order valence-corrected chi connectivity index (χ4v) is 2.78. The number of carbonyl (C=O) groups is 1. The van der Waals surface area contributed by atoms with Crippen LogP contribution in [0.15, 0.2) is 34.8 Å². The number of para-hydroxylation sites is 1. The molecule has 134 valence electrons. The maximum atomic E-state index is 14.5. The average molecular weight is 411 g/mol. The Hall–Kier alpha value is -1.92. The minimum Gasteiger partial charge on any atom is -0.492 e. The molecule has 2 aromatic rings. The summed E-state index contributed by atoms with van der Waals surface area (Å²) in [5, 5.41) is 9.57. The summed E-state index contributed by atoms with van der Waals surface area (Å²) in [6, 6.07) is 8.59. The van der Waals surface area contributed by atoms with Crippen LogP contribution in [0.3, 0.4) is 0 Å². The molecule has 2 aromatic carbocycles. The molecule has 4 nitrogen and oxygen atoms in total. The van der Waals surface area contributed by atoms with E-state index in [1.54, 1.807) is 37.3 Å². The summed E-state index contributed by atoms with van der Waals surface area (Å²) in [6.07, 6.45) is 1.63. The summed E-state index contributed by atoms with van der Waals surface area (Å²) >= 11 is 3.14. The van der Waals surface area contributed by atoms with E-state index in [1.165, 1.54) is 0 Å². The molecule has 0 spiro atoms. The zero-order chi connectivity index (χ0) is 18.4. The molecule has 0 bridgehead atoms. The number of unbranched alkanes of at least 4 members (excludes halogenated alkanes) is 1. The zero-order valence-corrected chi connectivity index (χ0v) is 15.7. The van der Waals surface area contributed by atoms with Gasteiger partial charge < -0.3 is 14.6 Å². The molecule has 0 radical (unpaired) electrons. The van der Waals surface area contributed by atoms with Gasteiger partial charge in [-0.3, -0.25) is 0 Å². The third-order valence-electron chi connectivity index (χ3n) is 3.72. The first-order chi connectivity index (χ1) is 12.0. The highest BCUT2D eigenvalue weighted by Gasteiger charge is 2.27. The minimum absolute atomic E-state index is 0.0371. The molecule has 0 heterocycles. The monoisotopic (exact) mass is 410 g/mol. The van der Waals surface area contributed by atoms with Crippen molar-refractivity contribution < 1.29 is 23.8 Å². The van der Waals surface area contributed by atoms with Crippen LogP contribution in [0.2, 0.25) is 0 Å². The molecule has 0 saturated carbocycles. The van der Waals surface area contributed by atoms with Crippen LogP contribution in [-0.4, -0.2) is 17.7 Å². The van der Waals surface area contributed by atoms with Crippen molar-refractivity contribution in [2.45, 2.75) is 33.3 Å². The van der Waals surface area contributed by atoms with E-state index < -0.39 is 18.4 Å². The molecule has 1 N–H and O–H groups in total. The Bertz CT molecular complexity index is 747. The van der Waals surface area contributed by atoms with Gasteiger partial charge >= 0.3 is 5.97 Å². The fourth-order valence-electron chi connectivity index (χ4n) is 2.34. The lowest BCUT2D eigenvalue weighted by atomic mass is 10.0. The van der Waals surface area contributed by atoms with E-state index in [2.05, 4.69) is 15.9 Å². The number of benzene rings is 2. The summed E-state index contributed by atoms with van der Waals surface area (Å²) in [5.41, 5.74) is 0.410. The van der Waals surface area contributed by atoms with Gasteiger partial charge in [0.1, 0.15) is 22.9 Å². The van der Waals surface area contributed by atoms with Crippen molar-refractivity contribution >= 4 is 21.9 Å². The summed E-state index contributed by atoms with van der Waals surface area (Å²) in [6.45, 7) is 3.32. The van der Waals surface area contributed by atoms with Crippen molar-refractivity contribution in [2.75, 3.05) is 6.61 Å². The average Bonchev–Trinajstić information content (AvgIpc) is 2.61. The number of ether oxygens (including phenoxy) is 2. The van der Waals surface area contributed by atoms with Crippen molar-refractivity contribution in [3.05, 3.63) is 57.3 Å². The molecule has 0 saturated heterocycles. The van der Waals surface area contributed by atoms with Crippen LogP contribution < -0.4 is 9.47 Å². The standard InChI is InChI=1S/C19H20BrFO4/c1-3-4-10-24-18-14(11-22)17(21)16(20)12(2)15(18)19(23)25-13-8-6-5-7-9-13/h5-9,22H,3-4,10-11H2,1-2H3. The first kappa shape index (κ1) is 19.4. The van der Waals surface area contributed by atoms with Crippen molar-refractivity contribution in [3.8, 4) is 11.5 Å². The van der Waals surface area contributed by atoms with Crippen LogP contribution in [-0.2, 0) is 6.61 Å². The highest BCUT2D eigenvalue weighted by Crippen LogP contribution is 2.37. The van der Waals surface area contributed by atoms with E-state index in [9.17, 15) is 14.3 Å². The Labute approximate surface area is 154 Å². The quantitative estimate of drug-likeness (QED) is 0.405. The van der Waals surface area contributed by atoms with E-state index >= 15 is 0 Å². The molecule has 6 heteroatoms. The Morgan fingerprint density at radius 3 is 2.56 bits per heavy atom. The van der Waals surface area contributed by atoms with Gasteiger partial charge in [0.15, 0.2) is 0 Å². The number of hydrogen-bond donors (Lipinski definition) is 1. The minimum atomic E-state index is -0.661. The smallest absolute Gasteiger partial charge is 0.347 e. The molecular weight excluding hydrogens is 391 g/mol. The molecule has 0 fully saturated rings. The summed E-state index contributed by atoms with van der Waals surface area (Å²) in [4.78, 5) is 12.7. The number of aliphatic hydroxyl groups excluding tert-OH is 1. The summed E-state index contributed by atoms with van der Waals surface area (Å²) in [7, 11) is 0. The number of rotatable bonds is 7. The highest BCUT2D eigenvalue weighted by molar-refractivity contribution is 9.10. The SMILES string of the molecule is CCCCOc1c(CO)c(F)c(Br)c(C)c1C(=O)Oc1ccccc1. The first-order valence-corrected chi connectivity index (χ1v) is 8.81. The third kappa shape index (κ3) is 4.38. The van der Waals surface area contributed by atoms with Crippen molar-refractivity contribution in [2.24, 2.45) is 0 Å². The molecule has 0 aromatic heterocycles. The Morgan fingerprint density at radius 2 is 1.96 bits per heavy atom. The molecule has 0 atom stereocenters. The van der Waals surface area contributed by atoms with E-state index in [-0.39, 0.29) is 21.3 Å². The molecular formula is C19H20BrFO4. The van der Waals surface area contributed by atoms with Crippen molar-refractivity contribution in [3.63, 3.8) is 0 Å². The van der Waals surface area contributed by atoms with E-state index in [1.807, 2.05) is 6.92 Å². The van der Waals surface area contributed by atoms with Crippen LogP contribution >= 0.6 is 15.9 Å². The molecule has 0 unspecified atom stereocenters. The van der Waals surface area contributed by atoms with Crippen LogP contribution in [0.1, 0.15) is 41.3 Å². The van der Waals surface area contributed by atoms with E-state index in [0.29, 0.717) is 17.9 Å². The molecule has 0 aliphatic rings. The van der Waals surface area contributed by atoms with Gasteiger partial charge in [-0.1, -0.05) is 31.5 Å². The van der Waals surface area contributed by atoms with Gasteiger partial charge in [0, 0.05) is 0 Å². The van der Waals surface area contributed by atoms with Crippen molar-refractivity contribution in [1.82, 2.24) is 0 Å². The van der Waals surface area contributed by atoms with E-state index in [0.717, 1.165) is 12.8 Å². The Kier molecular flexibility index (Phi) is 6.96. The number of hydrogen-bond acceptors (Lipinski definition) is 4. The van der Waals surface area contributed by atoms with E-state index in [4.69, 9.17) is 9.47 Å². The zero-order valence-electron chi connectivity index (χ0n) is 14.1. The number of halogens is 2. The maximum Gasteiger partial charge on any atom is 0.347 e. The van der Waals surface area contributed by atoms with Gasteiger partial charge in [-0.15, -0.1) is 0 Å². The van der Waals surface area contributed by atoms with Gasteiger partial charge in [-0.05, 0) is 47.0 Å². The van der Waals surface area contributed by atoms with Gasteiger partial charge in [0.2, 0.25) is 0 Å². The predicted molar refractivity (Wildman–Crippen MR) is 96.6 cm³/mol. The number of aliphatic hydroxyl groups is 1. The number of esters is 1. The lowest BCUT2D eigenvalue weighted by Crippen LogP contribution is -2.16. The molecule has 0 aliphatic carbocycles. The summed E-state index contributed by atoms with van der Waals surface area (Å²) in [5.74, 6) is -0.888. The molecule has 25 heavy (non-hydrogen) atoms. The van der Waals surface area contributed by atoms with Gasteiger partial charge in [0.05, 0.1) is 23.2 Å². The molecule has 0 amide bonds. The Morgan fingerprint density at radius 1 is 1.28 bits per heavy atom. The lowest BCUT2D eigenvalue weighted by molar-refractivity contribution is 0.0728. The van der Waals surface area contributed by atoms with Gasteiger partial charge in [0.25, 0.3) is 0 Å². The fraction of sp³-hybridized carbons (Fsp3) is 0.316. The van der Waals surface area contributed by atoms with Crippen LogP contribution in [0, 0.1) is 12.7 Å². The number of carbonyl (C=O) groups excluding carboxylic acids is 1. The first-order valence-electron chi connectivity index (χ1n) is 8.02. The second kappa shape index (κ2) is 8.97. The largest absolute Gasteiger partial charge is 0.492 e. The predicted octanol–water partition coefficient (Wildman–Crippen LogP) is 4.79. The van der Waals surface area contributed by atoms with Gasteiger partial charge in [-0.2, -0.15) is 0 Å². The second-order valence-corrected chi connectivity index (χ2v) is 6.29. The van der Waals surface area contributed by atoms with Crippen LogP contribution in [0.4, 0.5) is 4.39 Å². The third-order valence-corrected chi connectivity index (χ3v) is 4.67. The Balaban J connectivity index is 2.49. The summed E-state index contributed by atoms with van der Waals surface area (Å²) < 4.78 is 25.6. The molecule has 0 aliphatic heterocycles. The van der Waals surface area contributed by atoms with Crippen LogP contribution in [0.25, 0.3) is 0 Å². The second-order valence-electron chi connectivity index (χ2n) is 5.50. The topological polar surface area (TPSA) is 55.8 Å².